The highest BCUT2D eigenvalue weighted by Gasteiger charge is 2.26. The van der Waals surface area contributed by atoms with Crippen LogP contribution < -0.4 is 9.47 Å². The van der Waals surface area contributed by atoms with Crippen LogP contribution in [0, 0.1) is 0 Å². The quantitative estimate of drug-likeness (QED) is 0.340. The molecule has 0 aromatic heterocycles. The Morgan fingerprint density at radius 2 is 1.90 bits per heavy atom. The maximum absolute atomic E-state index is 5.86. The average Bonchev–Trinajstić information content (AvgIpc) is 2.44. The summed E-state index contributed by atoms with van der Waals surface area (Å²) in [6.07, 6.45) is 0. The molecule has 4 nitrogen and oxygen atoms in total. The molecule has 0 N–H and O–H groups in total. The second kappa shape index (κ2) is 7.18. The van der Waals surface area contributed by atoms with Crippen LogP contribution in [0.1, 0.15) is 11.1 Å². The van der Waals surface area contributed by atoms with Gasteiger partial charge in [-0.05, 0) is 6.07 Å². The molecule has 106 valence electrons. The molecule has 20 heavy (non-hydrogen) atoms. The van der Waals surface area contributed by atoms with Crippen molar-refractivity contribution in [1.29, 1.82) is 0 Å². The third-order valence-corrected chi connectivity index (χ3v) is 6.46. The van der Waals surface area contributed by atoms with Crippen molar-refractivity contribution in [3.8, 4) is 11.5 Å². The van der Waals surface area contributed by atoms with E-state index in [1.165, 1.54) is 11.1 Å². The SMILES string of the molecule is PB(I)N1COc2cc3c(cc2C1)CN(PBI)CO3. The van der Waals surface area contributed by atoms with Gasteiger partial charge in [0.15, 0.2) is 0 Å². The maximum atomic E-state index is 5.86. The molecule has 0 spiro atoms. The molecule has 0 amide bonds. The van der Waals surface area contributed by atoms with Crippen molar-refractivity contribution in [3.63, 3.8) is 0 Å². The smallest absolute Gasteiger partial charge is 0.322 e. The summed E-state index contributed by atoms with van der Waals surface area (Å²) in [7, 11) is 3.64. The van der Waals surface area contributed by atoms with E-state index in [2.05, 4.69) is 75.5 Å². The van der Waals surface area contributed by atoms with Gasteiger partial charge in [-0.15, -0.1) is 53.9 Å². The molecule has 2 unspecified atom stereocenters. The lowest BCUT2D eigenvalue weighted by Crippen LogP contribution is -2.37. The number of rotatable bonds is 3. The molecule has 0 fully saturated rings. The number of benzene rings is 1. The number of hydrogen-bond donors (Lipinski definition) is 0. The van der Waals surface area contributed by atoms with E-state index in [0.29, 0.717) is 17.9 Å². The molecule has 10 heteroatoms. The van der Waals surface area contributed by atoms with E-state index in [0.717, 1.165) is 38.1 Å². The maximum Gasteiger partial charge on any atom is 0.322 e. The Morgan fingerprint density at radius 1 is 1.20 bits per heavy atom. The van der Waals surface area contributed by atoms with Crippen molar-refractivity contribution < 1.29 is 9.47 Å². The topological polar surface area (TPSA) is 24.9 Å². The molecule has 2 aliphatic heterocycles. The van der Waals surface area contributed by atoms with E-state index < -0.39 is 0 Å². The molecular formula is C10H14B2I2N2O2P2. The van der Waals surface area contributed by atoms with E-state index in [1.807, 2.05) is 0 Å². The second-order valence-electron chi connectivity index (χ2n) is 4.72. The van der Waals surface area contributed by atoms with Gasteiger partial charge in [0.05, 0.1) is 0 Å². The van der Waals surface area contributed by atoms with Crippen LogP contribution in [0.3, 0.4) is 0 Å². The van der Waals surface area contributed by atoms with Crippen LogP contribution >= 0.6 is 62.5 Å². The fraction of sp³-hybridized carbons (Fsp3) is 0.400. The van der Waals surface area contributed by atoms with E-state index in [4.69, 9.17) is 9.47 Å². The Balaban J connectivity index is 1.82. The number of nitrogens with zero attached hydrogens (tertiary/aromatic N) is 2. The molecule has 0 radical (unpaired) electrons. The molecule has 0 aliphatic carbocycles. The Hall–Kier alpha value is 1.19. The molecular weight excluding hydrogens is 518 g/mol. The highest BCUT2D eigenvalue weighted by atomic mass is 127. The highest BCUT2D eigenvalue weighted by molar-refractivity contribution is 14.1. The van der Waals surface area contributed by atoms with E-state index in [9.17, 15) is 0 Å². The van der Waals surface area contributed by atoms with Crippen LogP contribution in [0.5, 0.6) is 11.5 Å². The Kier molecular flexibility index (Phi) is 5.76. The summed E-state index contributed by atoms with van der Waals surface area (Å²) < 4.78 is 14.5. The molecule has 2 atom stereocenters. The van der Waals surface area contributed by atoms with Gasteiger partial charge in [-0.1, -0.05) is 8.61 Å². The predicted molar refractivity (Wildman–Crippen MR) is 107 cm³/mol. The van der Waals surface area contributed by atoms with Gasteiger partial charge in [0.25, 0.3) is 0 Å². The summed E-state index contributed by atoms with van der Waals surface area (Å²) in [5.41, 5.74) is 2.55. The third-order valence-electron chi connectivity index (χ3n) is 3.37. The zero-order valence-electron chi connectivity index (χ0n) is 10.8. The first kappa shape index (κ1) is 16.1. The molecule has 0 saturated carbocycles. The van der Waals surface area contributed by atoms with Crippen LogP contribution in [0.15, 0.2) is 12.1 Å². The van der Waals surface area contributed by atoms with Crippen LogP contribution in [-0.2, 0) is 13.1 Å². The van der Waals surface area contributed by atoms with Gasteiger partial charge in [0.1, 0.15) is 25.0 Å². The van der Waals surface area contributed by atoms with Gasteiger partial charge in [-0.2, -0.15) is 0 Å². The number of ether oxygens (including phenoxy) is 2. The zero-order valence-corrected chi connectivity index (χ0v) is 17.3. The monoisotopic (exact) mass is 532 g/mol. The minimum absolute atomic E-state index is 0.394. The number of halogens is 2. The largest absolute Gasteiger partial charge is 0.479 e. The van der Waals surface area contributed by atoms with Crippen molar-refractivity contribution in [2.24, 2.45) is 0 Å². The van der Waals surface area contributed by atoms with Crippen molar-refractivity contribution in [1.82, 2.24) is 9.48 Å². The number of hydrogen-bond acceptors (Lipinski definition) is 4. The molecule has 3 rings (SSSR count). The van der Waals surface area contributed by atoms with Gasteiger partial charge >= 0.3 is 4.42 Å². The van der Waals surface area contributed by atoms with Crippen molar-refractivity contribution in [3.05, 3.63) is 23.3 Å². The Morgan fingerprint density at radius 3 is 2.60 bits per heavy atom. The van der Waals surface area contributed by atoms with Gasteiger partial charge in [-0.25, -0.2) is 0 Å². The second-order valence-corrected chi connectivity index (χ2v) is 11.5. The van der Waals surface area contributed by atoms with E-state index in [-0.39, 0.29) is 0 Å². The third kappa shape index (κ3) is 3.57. The lowest BCUT2D eigenvalue weighted by atomic mass is 10.0. The van der Waals surface area contributed by atoms with Crippen molar-refractivity contribution >= 4 is 71.8 Å². The van der Waals surface area contributed by atoms with Crippen LogP contribution in [-0.4, -0.2) is 32.2 Å². The molecule has 2 heterocycles. The molecule has 1 aromatic rings. The normalized spacial score (nSPS) is 19.1. The molecule has 2 aliphatic rings. The zero-order chi connectivity index (χ0) is 14.1. The van der Waals surface area contributed by atoms with Gasteiger partial charge in [0.2, 0.25) is 4.86 Å². The molecule has 1 aromatic carbocycles. The van der Waals surface area contributed by atoms with E-state index in [1.54, 1.807) is 0 Å². The summed E-state index contributed by atoms with van der Waals surface area (Å²) >= 11 is 4.81. The predicted octanol–water partition coefficient (Wildman–Crippen LogP) is 2.58. The van der Waals surface area contributed by atoms with Gasteiger partial charge < -0.3 is 9.47 Å². The van der Waals surface area contributed by atoms with E-state index >= 15 is 0 Å². The van der Waals surface area contributed by atoms with Gasteiger partial charge in [0, 0.05) is 30.3 Å². The first-order valence-corrected chi connectivity index (χ1v) is 10.9. The summed E-state index contributed by atoms with van der Waals surface area (Å²) in [6, 6.07) is 4.32. The molecule has 0 bridgehead atoms. The van der Waals surface area contributed by atoms with Gasteiger partial charge in [-0.3, -0.25) is 9.48 Å². The lowest BCUT2D eigenvalue weighted by molar-refractivity contribution is 0.160. The summed E-state index contributed by atoms with van der Waals surface area (Å²) in [6.45, 7) is 3.26. The summed E-state index contributed by atoms with van der Waals surface area (Å²) in [5.74, 6) is 1.97. The Labute approximate surface area is 151 Å². The molecule has 0 saturated heterocycles. The fourth-order valence-electron chi connectivity index (χ4n) is 2.33. The Bertz CT molecular complexity index is 512. The van der Waals surface area contributed by atoms with Crippen molar-refractivity contribution in [2.75, 3.05) is 13.5 Å². The number of fused-ring (bicyclic) bond motifs is 2. The highest BCUT2D eigenvalue weighted by Crippen LogP contribution is 2.38. The lowest BCUT2D eigenvalue weighted by Gasteiger charge is -2.33. The van der Waals surface area contributed by atoms with Crippen LogP contribution in [0.25, 0.3) is 0 Å². The van der Waals surface area contributed by atoms with Crippen LogP contribution in [0.4, 0.5) is 0 Å². The average molecular weight is 532 g/mol. The standard InChI is InChI=1S/C10H14B2I2N2O2P2/c13-11-20-16-4-8-1-7-3-15(12(14)19)5-17-9(7)2-10(8)18-6-16/h1-2,11,20H,3-6,19H2. The van der Waals surface area contributed by atoms with Crippen molar-refractivity contribution in [2.45, 2.75) is 13.1 Å². The van der Waals surface area contributed by atoms with Crippen LogP contribution in [0.2, 0.25) is 0 Å². The summed E-state index contributed by atoms with van der Waals surface area (Å²) in [5, 5.41) is 0. The first-order chi connectivity index (χ1) is 9.67. The minimum atomic E-state index is 0.394. The fourth-order valence-corrected chi connectivity index (χ4v) is 4.94. The summed E-state index contributed by atoms with van der Waals surface area (Å²) in [4.78, 5) is 3.44. The first-order valence-electron chi connectivity index (χ1n) is 6.27. The minimum Gasteiger partial charge on any atom is -0.479 e.